The van der Waals surface area contributed by atoms with E-state index in [1.807, 2.05) is 18.2 Å². The first-order valence-electron chi connectivity index (χ1n) is 4.58. The molecule has 0 aromatic heterocycles. The number of rotatable bonds is 4. The molecule has 1 aromatic rings. The van der Waals surface area contributed by atoms with E-state index in [0.29, 0.717) is 0 Å². The van der Waals surface area contributed by atoms with E-state index in [4.69, 9.17) is 11.6 Å². The fourth-order valence-corrected chi connectivity index (χ4v) is 1.50. The highest BCUT2D eigenvalue weighted by Crippen LogP contribution is 2.17. The van der Waals surface area contributed by atoms with Crippen molar-refractivity contribution in [2.24, 2.45) is 0 Å². The Hall–Kier alpha value is -0.490. The number of hydrogen-bond donors (Lipinski definition) is 0. The molecule has 0 atom stereocenters. The van der Waals surface area contributed by atoms with E-state index in [0.717, 1.165) is 11.4 Å². The molecule has 0 N–H and O–H groups in total. The lowest BCUT2D eigenvalue weighted by molar-refractivity contribution is 0.717. The minimum Gasteiger partial charge on any atom is -0.0840 e. The Morgan fingerprint density at radius 1 is 1.17 bits per heavy atom. The van der Waals surface area contributed by atoms with Crippen LogP contribution < -0.4 is 0 Å². The topological polar surface area (TPSA) is 0 Å². The molecule has 0 amide bonds. The fraction of sp³-hybridized carbons (Fsp3) is 0.455. The SMILES string of the molecule is CCCCCc1ccccc1Cl. The van der Waals surface area contributed by atoms with Crippen LogP contribution in [0.2, 0.25) is 5.02 Å². The summed E-state index contributed by atoms with van der Waals surface area (Å²) in [7, 11) is 0. The molecule has 0 radical (unpaired) electrons. The van der Waals surface area contributed by atoms with Gasteiger partial charge in [0.05, 0.1) is 0 Å². The lowest BCUT2D eigenvalue weighted by Crippen LogP contribution is -1.85. The number of aryl methyl sites for hydroxylation is 1. The van der Waals surface area contributed by atoms with Crippen LogP contribution in [0.1, 0.15) is 31.7 Å². The van der Waals surface area contributed by atoms with Gasteiger partial charge in [-0.3, -0.25) is 0 Å². The first kappa shape index (κ1) is 9.60. The third-order valence-corrected chi connectivity index (χ3v) is 2.38. The van der Waals surface area contributed by atoms with Crippen molar-refractivity contribution in [1.29, 1.82) is 0 Å². The second-order valence-corrected chi connectivity index (χ2v) is 3.46. The molecule has 0 saturated heterocycles. The van der Waals surface area contributed by atoms with Gasteiger partial charge in [-0.25, -0.2) is 0 Å². The van der Waals surface area contributed by atoms with Crippen molar-refractivity contribution >= 4 is 11.6 Å². The highest BCUT2D eigenvalue weighted by Gasteiger charge is 1.96. The van der Waals surface area contributed by atoms with Gasteiger partial charge in [-0.05, 0) is 24.5 Å². The van der Waals surface area contributed by atoms with Crippen molar-refractivity contribution < 1.29 is 0 Å². The van der Waals surface area contributed by atoms with Crippen molar-refractivity contribution in [3.63, 3.8) is 0 Å². The van der Waals surface area contributed by atoms with E-state index in [2.05, 4.69) is 13.0 Å². The standard InChI is InChI=1S/C11H15Cl/c1-2-3-4-7-10-8-5-6-9-11(10)12/h5-6,8-9H,2-4,7H2,1H3. The summed E-state index contributed by atoms with van der Waals surface area (Å²) >= 11 is 6.00. The Bertz CT molecular complexity index is 230. The molecular formula is C11H15Cl. The van der Waals surface area contributed by atoms with Crippen LogP contribution in [0.15, 0.2) is 24.3 Å². The maximum Gasteiger partial charge on any atom is 0.0437 e. The van der Waals surface area contributed by atoms with Crippen LogP contribution in [-0.2, 0) is 6.42 Å². The molecule has 0 bridgehead atoms. The molecule has 0 saturated carbocycles. The summed E-state index contributed by atoms with van der Waals surface area (Å²) in [6.07, 6.45) is 4.93. The Labute approximate surface area is 79.6 Å². The predicted octanol–water partition coefficient (Wildman–Crippen LogP) is 4.07. The van der Waals surface area contributed by atoms with Gasteiger partial charge in [0.1, 0.15) is 0 Å². The summed E-state index contributed by atoms with van der Waals surface area (Å²) in [5.74, 6) is 0. The molecule has 0 nitrogen and oxygen atoms in total. The number of hydrogen-bond acceptors (Lipinski definition) is 0. The molecule has 0 fully saturated rings. The average Bonchev–Trinajstić information content (AvgIpc) is 2.09. The number of benzene rings is 1. The smallest absolute Gasteiger partial charge is 0.0437 e. The van der Waals surface area contributed by atoms with E-state index in [1.54, 1.807) is 0 Å². The van der Waals surface area contributed by atoms with Crippen LogP contribution >= 0.6 is 11.6 Å². The van der Waals surface area contributed by atoms with E-state index in [1.165, 1.54) is 24.8 Å². The summed E-state index contributed by atoms with van der Waals surface area (Å²) in [6.45, 7) is 2.21. The fourth-order valence-electron chi connectivity index (χ4n) is 1.27. The summed E-state index contributed by atoms with van der Waals surface area (Å²) in [5.41, 5.74) is 1.28. The second-order valence-electron chi connectivity index (χ2n) is 3.05. The van der Waals surface area contributed by atoms with Gasteiger partial charge >= 0.3 is 0 Å². The molecular weight excluding hydrogens is 168 g/mol. The molecule has 12 heavy (non-hydrogen) atoms. The summed E-state index contributed by atoms with van der Waals surface area (Å²) in [6, 6.07) is 8.10. The van der Waals surface area contributed by atoms with Gasteiger partial charge in [0.2, 0.25) is 0 Å². The van der Waals surface area contributed by atoms with Crippen LogP contribution in [-0.4, -0.2) is 0 Å². The Morgan fingerprint density at radius 2 is 1.92 bits per heavy atom. The highest BCUT2D eigenvalue weighted by molar-refractivity contribution is 6.31. The monoisotopic (exact) mass is 182 g/mol. The van der Waals surface area contributed by atoms with Gasteiger partial charge in [-0.15, -0.1) is 0 Å². The molecule has 0 aliphatic rings. The average molecular weight is 183 g/mol. The first-order chi connectivity index (χ1) is 5.84. The van der Waals surface area contributed by atoms with Crippen molar-refractivity contribution in [2.45, 2.75) is 32.6 Å². The number of halogens is 1. The molecule has 0 aliphatic carbocycles. The van der Waals surface area contributed by atoms with E-state index < -0.39 is 0 Å². The van der Waals surface area contributed by atoms with Crippen molar-refractivity contribution in [1.82, 2.24) is 0 Å². The molecule has 1 heteroatoms. The summed E-state index contributed by atoms with van der Waals surface area (Å²) in [4.78, 5) is 0. The van der Waals surface area contributed by atoms with Gasteiger partial charge in [0.25, 0.3) is 0 Å². The van der Waals surface area contributed by atoms with Crippen LogP contribution in [0.3, 0.4) is 0 Å². The quantitative estimate of drug-likeness (QED) is 0.616. The van der Waals surface area contributed by atoms with Gasteiger partial charge < -0.3 is 0 Å². The molecule has 0 heterocycles. The molecule has 0 unspecified atom stereocenters. The maximum absolute atomic E-state index is 6.00. The molecule has 1 aromatic carbocycles. The Morgan fingerprint density at radius 3 is 2.58 bits per heavy atom. The lowest BCUT2D eigenvalue weighted by Gasteiger charge is -2.01. The van der Waals surface area contributed by atoms with Crippen LogP contribution in [0.5, 0.6) is 0 Å². The molecule has 0 spiro atoms. The Balaban J connectivity index is 2.46. The van der Waals surface area contributed by atoms with Crippen LogP contribution in [0, 0.1) is 0 Å². The van der Waals surface area contributed by atoms with Crippen LogP contribution in [0.4, 0.5) is 0 Å². The van der Waals surface area contributed by atoms with Gasteiger partial charge in [-0.2, -0.15) is 0 Å². The minimum absolute atomic E-state index is 0.911. The second kappa shape index (κ2) is 5.21. The highest BCUT2D eigenvalue weighted by atomic mass is 35.5. The molecule has 66 valence electrons. The summed E-state index contributed by atoms with van der Waals surface area (Å²) in [5, 5.41) is 0.911. The van der Waals surface area contributed by atoms with E-state index >= 15 is 0 Å². The lowest BCUT2D eigenvalue weighted by atomic mass is 10.1. The first-order valence-corrected chi connectivity index (χ1v) is 4.95. The van der Waals surface area contributed by atoms with Crippen molar-refractivity contribution in [2.75, 3.05) is 0 Å². The number of unbranched alkanes of at least 4 members (excludes halogenated alkanes) is 2. The van der Waals surface area contributed by atoms with Gasteiger partial charge in [0, 0.05) is 5.02 Å². The minimum atomic E-state index is 0.911. The van der Waals surface area contributed by atoms with Crippen molar-refractivity contribution in [3.8, 4) is 0 Å². The van der Waals surface area contributed by atoms with Crippen LogP contribution in [0.25, 0.3) is 0 Å². The zero-order chi connectivity index (χ0) is 8.81. The van der Waals surface area contributed by atoms with E-state index in [-0.39, 0.29) is 0 Å². The molecule has 1 rings (SSSR count). The summed E-state index contributed by atoms with van der Waals surface area (Å²) < 4.78 is 0. The van der Waals surface area contributed by atoms with Crippen molar-refractivity contribution in [3.05, 3.63) is 34.9 Å². The molecule has 0 aliphatic heterocycles. The zero-order valence-electron chi connectivity index (χ0n) is 7.52. The van der Waals surface area contributed by atoms with Gasteiger partial charge in [0.15, 0.2) is 0 Å². The third-order valence-electron chi connectivity index (χ3n) is 2.01. The van der Waals surface area contributed by atoms with E-state index in [9.17, 15) is 0 Å². The zero-order valence-corrected chi connectivity index (χ0v) is 8.27. The van der Waals surface area contributed by atoms with Gasteiger partial charge in [-0.1, -0.05) is 49.6 Å². The normalized spacial score (nSPS) is 10.2. The maximum atomic E-state index is 6.00. The Kier molecular flexibility index (Phi) is 4.16. The predicted molar refractivity (Wildman–Crippen MR) is 54.7 cm³/mol. The largest absolute Gasteiger partial charge is 0.0840 e. The third kappa shape index (κ3) is 2.86.